The molecule has 0 bridgehead atoms. The summed E-state index contributed by atoms with van der Waals surface area (Å²) in [5, 5.41) is 10.7. The fourth-order valence-electron chi connectivity index (χ4n) is 2.90. The molecule has 6 nitrogen and oxygen atoms in total. The molecule has 0 spiro atoms. The van der Waals surface area contributed by atoms with E-state index < -0.39 is 0 Å². The maximum atomic E-state index is 10.1. The second kappa shape index (κ2) is 4.73. The van der Waals surface area contributed by atoms with Gasteiger partial charge in [-0.2, -0.15) is 4.98 Å². The van der Waals surface area contributed by atoms with Crippen LogP contribution in [0.5, 0.6) is 17.4 Å². The highest BCUT2D eigenvalue weighted by molar-refractivity contribution is 5.90. The fourth-order valence-corrected chi connectivity index (χ4v) is 2.90. The molecule has 0 saturated carbocycles. The molecule has 3 heterocycles. The van der Waals surface area contributed by atoms with Gasteiger partial charge in [0.05, 0.1) is 30.7 Å². The second-order valence-corrected chi connectivity index (χ2v) is 5.37. The maximum absolute atomic E-state index is 10.1. The van der Waals surface area contributed by atoms with Crippen LogP contribution in [0.2, 0.25) is 0 Å². The number of aromatic hydroxyl groups is 1. The Labute approximate surface area is 121 Å². The number of aryl methyl sites for hydroxylation is 1. The van der Waals surface area contributed by atoms with Crippen LogP contribution in [0.1, 0.15) is 17.8 Å². The molecule has 1 aromatic heterocycles. The van der Waals surface area contributed by atoms with E-state index in [1.807, 2.05) is 0 Å². The molecule has 1 fully saturated rings. The maximum Gasteiger partial charge on any atom is 0.222 e. The van der Waals surface area contributed by atoms with Crippen molar-refractivity contribution in [2.24, 2.45) is 0 Å². The Morgan fingerprint density at radius 1 is 1.33 bits per heavy atom. The molecule has 6 heteroatoms. The van der Waals surface area contributed by atoms with Gasteiger partial charge in [-0.05, 0) is 13.0 Å². The predicted molar refractivity (Wildman–Crippen MR) is 75.0 cm³/mol. The van der Waals surface area contributed by atoms with E-state index in [0.29, 0.717) is 30.2 Å². The van der Waals surface area contributed by atoms with Crippen molar-refractivity contribution in [3.8, 4) is 17.4 Å². The Kier molecular flexibility index (Phi) is 2.85. The molecule has 2 aromatic rings. The zero-order valence-corrected chi connectivity index (χ0v) is 11.8. The first-order valence-corrected chi connectivity index (χ1v) is 7.13. The Morgan fingerprint density at radius 3 is 3.05 bits per heavy atom. The van der Waals surface area contributed by atoms with Crippen LogP contribution in [-0.2, 0) is 11.2 Å². The monoisotopic (exact) mass is 288 g/mol. The Morgan fingerprint density at radius 2 is 2.24 bits per heavy atom. The van der Waals surface area contributed by atoms with Crippen molar-refractivity contribution in [1.29, 1.82) is 0 Å². The van der Waals surface area contributed by atoms with Crippen molar-refractivity contribution in [2.45, 2.75) is 25.9 Å². The molecular weight excluding hydrogens is 272 g/mol. The van der Waals surface area contributed by atoms with Gasteiger partial charge < -0.3 is 19.3 Å². The third-order valence-electron chi connectivity index (χ3n) is 3.88. The Balaban J connectivity index is 1.87. The lowest BCUT2D eigenvalue weighted by Crippen LogP contribution is -2.16. The minimum atomic E-state index is -0.0141. The summed E-state index contributed by atoms with van der Waals surface area (Å²) >= 11 is 0. The van der Waals surface area contributed by atoms with Crippen LogP contribution in [0.4, 0.5) is 0 Å². The summed E-state index contributed by atoms with van der Waals surface area (Å²) in [7, 11) is 0. The predicted octanol–water partition coefficient (Wildman–Crippen LogP) is 1.75. The van der Waals surface area contributed by atoms with E-state index >= 15 is 0 Å². The largest absolute Gasteiger partial charge is 0.493 e. The van der Waals surface area contributed by atoms with Crippen LogP contribution >= 0.6 is 0 Å². The van der Waals surface area contributed by atoms with Gasteiger partial charge >= 0.3 is 0 Å². The summed E-state index contributed by atoms with van der Waals surface area (Å²) in [6.45, 7) is 3.68. The topological polar surface area (TPSA) is 73.7 Å². The number of fused-ring (bicyclic) bond motifs is 3. The third-order valence-corrected chi connectivity index (χ3v) is 3.88. The van der Waals surface area contributed by atoms with Crippen LogP contribution in [0.25, 0.3) is 10.9 Å². The third kappa shape index (κ3) is 2.06. The van der Waals surface area contributed by atoms with E-state index in [2.05, 4.69) is 9.97 Å². The molecule has 110 valence electrons. The number of aromatic nitrogens is 2. The molecule has 1 atom stereocenters. The normalized spacial score (nSPS) is 20.5. The number of hydrogen-bond donors (Lipinski definition) is 1. The Bertz CT molecular complexity index is 711. The molecule has 2 aliphatic rings. The molecule has 0 radical (unpaired) electrons. The van der Waals surface area contributed by atoms with E-state index in [4.69, 9.17) is 14.2 Å². The molecule has 21 heavy (non-hydrogen) atoms. The minimum absolute atomic E-state index is 0.0141. The molecule has 1 saturated heterocycles. The number of benzene rings is 1. The summed E-state index contributed by atoms with van der Waals surface area (Å²) in [4.78, 5) is 8.47. The van der Waals surface area contributed by atoms with Crippen LogP contribution in [-0.4, -0.2) is 41.0 Å². The number of rotatable bonds is 2. The number of ether oxygens (including phenoxy) is 3. The highest BCUT2D eigenvalue weighted by Gasteiger charge is 2.26. The van der Waals surface area contributed by atoms with Gasteiger partial charge in [0.1, 0.15) is 11.9 Å². The van der Waals surface area contributed by atoms with E-state index in [1.54, 1.807) is 13.0 Å². The summed E-state index contributed by atoms with van der Waals surface area (Å²) < 4.78 is 17.1. The SMILES string of the molecule is Cc1nc(O)c2cc(O[C@H]3CCOC3)c3c(c2n1)CCO3. The van der Waals surface area contributed by atoms with Gasteiger partial charge in [0, 0.05) is 18.4 Å². The fraction of sp³-hybridized carbons (Fsp3) is 0.467. The summed E-state index contributed by atoms with van der Waals surface area (Å²) in [6.07, 6.45) is 1.66. The molecule has 1 aromatic carbocycles. The van der Waals surface area contributed by atoms with Gasteiger partial charge in [0.25, 0.3) is 0 Å². The van der Waals surface area contributed by atoms with Crippen LogP contribution in [0, 0.1) is 6.92 Å². The van der Waals surface area contributed by atoms with Crippen molar-refractivity contribution >= 4 is 10.9 Å². The van der Waals surface area contributed by atoms with Gasteiger partial charge in [-0.1, -0.05) is 0 Å². The highest BCUT2D eigenvalue weighted by Crippen LogP contribution is 2.43. The lowest BCUT2D eigenvalue weighted by Gasteiger charge is -2.16. The van der Waals surface area contributed by atoms with Gasteiger partial charge in [-0.3, -0.25) is 0 Å². The molecule has 2 aliphatic heterocycles. The molecule has 4 rings (SSSR count). The van der Waals surface area contributed by atoms with Crippen molar-refractivity contribution in [1.82, 2.24) is 9.97 Å². The lowest BCUT2D eigenvalue weighted by atomic mass is 10.1. The van der Waals surface area contributed by atoms with Crippen LogP contribution in [0.15, 0.2) is 6.07 Å². The van der Waals surface area contributed by atoms with Gasteiger partial charge in [0.15, 0.2) is 11.5 Å². The zero-order chi connectivity index (χ0) is 14.4. The van der Waals surface area contributed by atoms with Crippen molar-refractivity contribution in [3.63, 3.8) is 0 Å². The van der Waals surface area contributed by atoms with E-state index in [0.717, 1.165) is 36.3 Å². The first kappa shape index (κ1) is 12.6. The van der Waals surface area contributed by atoms with Gasteiger partial charge in [-0.25, -0.2) is 4.98 Å². The summed E-state index contributed by atoms with van der Waals surface area (Å²) in [5.41, 5.74) is 1.74. The number of hydrogen-bond acceptors (Lipinski definition) is 6. The first-order chi connectivity index (χ1) is 10.2. The van der Waals surface area contributed by atoms with Crippen LogP contribution in [0.3, 0.4) is 0 Å². The molecule has 0 aliphatic carbocycles. The molecule has 1 N–H and O–H groups in total. The minimum Gasteiger partial charge on any atom is -0.493 e. The van der Waals surface area contributed by atoms with E-state index in [-0.39, 0.29) is 12.0 Å². The van der Waals surface area contributed by atoms with Gasteiger partial charge in [-0.15, -0.1) is 0 Å². The summed E-state index contributed by atoms with van der Waals surface area (Å²) in [6, 6.07) is 1.77. The van der Waals surface area contributed by atoms with E-state index in [9.17, 15) is 5.11 Å². The van der Waals surface area contributed by atoms with Crippen molar-refractivity contribution in [2.75, 3.05) is 19.8 Å². The summed E-state index contributed by atoms with van der Waals surface area (Å²) in [5.74, 6) is 1.92. The first-order valence-electron chi connectivity index (χ1n) is 7.13. The number of nitrogens with zero attached hydrogens (tertiary/aromatic N) is 2. The molecule has 0 unspecified atom stereocenters. The highest BCUT2D eigenvalue weighted by atomic mass is 16.6. The molecule has 0 amide bonds. The standard InChI is InChI=1S/C15H16N2O4/c1-8-16-13-10-3-5-20-14(10)12(6-11(13)15(18)17-8)21-9-2-4-19-7-9/h6,9H,2-5,7H2,1H3,(H,16,17,18)/t9-/m0/s1. The van der Waals surface area contributed by atoms with Gasteiger partial charge in [0.2, 0.25) is 5.88 Å². The van der Waals surface area contributed by atoms with Crippen molar-refractivity contribution in [3.05, 3.63) is 17.5 Å². The zero-order valence-electron chi connectivity index (χ0n) is 11.8. The van der Waals surface area contributed by atoms with E-state index in [1.165, 1.54) is 0 Å². The van der Waals surface area contributed by atoms with Crippen molar-refractivity contribution < 1.29 is 19.3 Å². The second-order valence-electron chi connectivity index (χ2n) is 5.37. The molecular formula is C15H16N2O4. The average molecular weight is 288 g/mol. The quantitative estimate of drug-likeness (QED) is 0.907. The van der Waals surface area contributed by atoms with Crippen LogP contribution < -0.4 is 9.47 Å². The average Bonchev–Trinajstić information content (AvgIpc) is 3.10. The Hall–Kier alpha value is -2.08. The smallest absolute Gasteiger partial charge is 0.222 e. The lowest BCUT2D eigenvalue weighted by molar-refractivity contribution is 0.138.